The number of rotatable bonds is 9. The lowest BCUT2D eigenvalue weighted by molar-refractivity contribution is -0.253. The summed E-state index contributed by atoms with van der Waals surface area (Å²) in [5.41, 5.74) is 3.87. The smallest absolute Gasteiger partial charge is 0.121 e. The summed E-state index contributed by atoms with van der Waals surface area (Å²) in [5.74, 6) is 0. The van der Waals surface area contributed by atoms with Gasteiger partial charge in [-0.1, -0.05) is 121 Å². The van der Waals surface area contributed by atoms with Gasteiger partial charge in [0.15, 0.2) is 0 Å². The van der Waals surface area contributed by atoms with Crippen molar-refractivity contribution in [2.75, 3.05) is 6.61 Å². The maximum absolute atomic E-state index is 12.4. The quantitative estimate of drug-likeness (QED) is 0.288. The van der Waals surface area contributed by atoms with Gasteiger partial charge in [0.1, 0.15) is 17.8 Å². The molecule has 1 N–H and O–H groups in total. The van der Waals surface area contributed by atoms with E-state index < -0.39 is 17.8 Å². The molecule has 0 bridgehead atoms. The van der Waals surface area contributed by atoms with Crippen molar-refractivity contribution in [2.45, 2.75) is 50.5 Å². The van der Waals surface area contributed by atoms with Gasteiger partial charge in [-0.15, -0.1) is 0 Å². The Bertz CT molecular complexity index is 1230. The molecule has 0 spiro atoms. The minimum atomic E-state index is -1.26. The molecular weight excluding hydrogens is 460 g/mol. The van der Waals surface area contributed by atoms with Crippen LogP contribution in [0.3, 0.4) is 0 Å². The lowest BCUT2D eigenvalue weighted by Crippen LogP contribution is -2.56. The Morgan fingerprint density at radius 3 is 1.95 bits per heavy atom. The molecular formula is C33H34O4. The van der Waals surface area contributed by atoms with E-state index in [9.17, 15) is 5.11 Å². The Hall–Kier alpha value is -3.28. The van der Waals surface area contributed by atoms with Gasteiger partial charge in [-0.3, -0.25) is 0 Å². The highest BCUT2D eigenvalue weighted by Gasteiger charge is 2.51. The first kappa shape index (κ1) is 25.4. The molecule has 1 saturated heterocycles. The van der Waals surface area contributed by atoms with E-state index in [0.717, 1.165) is 27.8 Å². The molecule has 1 aliphatic heterocycles. The van der Waals surface area contributed by atoms with Gasteiger partial charge in [0.2, 0.25) is 0 Å². The molecule has 1 heterocycles. The van der Waals surface area contributed by atoms with Crippen molar-refractivity contribution in [1.29, 1.82) is 0 Å². The van der Waals surface area contributed by atoms with E-state index in [0.29, 0.717) is 26.2 Å². The Labute approximate surface area is 219 Å². The molecule has 4 nitrogen and oxygen atoms in total. The van der Waals surface area contributed by atoms with Gasteiger partial charge in [-0.25, -0.2) is 0 Å². The minimum absolute atomic E-state index is 0.297. The molecule has 0 saturated carbocycles. The van der Waals surface area contributed by atoms with Crippen molar-refractivity contribution in [1.82, 2.24) is 0 Å². The second kappa shape index (κ2) is 11.8. The fourth-order valence-corrected chi connectivity index (χ4v) is 5.02. The van der Waals surface area contributed by atoms with Gasteiger partial charge in [-0.05, 0) is 29.2 Å². The van der Waals surface area contributed by atoms with E-state index in [1.165, 1.54) is 0 Å². The van der Waals surface area contributed by atoms with Gasteiger partial charge < -0.3 is 19.3 Å². The SMILES string of the molecule is Cc1ccc([C@]2(O)C[C@@H](c3ccccc3)O[C@H](COCc3ccccc3)[C@H]2OCc2ccccc2)cc1. The number of ether oxygens (including phenoxy) is 3. The first-order chi connectivity index (χ1) is 18.1. The summed E-state index contributed by atoms with van der Waals surface area (Å²) in [5, 5.41) is 12.4. The van der Waals surface area contributed by atoms with Crippen LogP contribution in [0, 0.1) is 6.92 Å². The average molecular weight is 495 g/mol. The van der Waals surface area contributed by atoms with Crippen LogP contribution in [0.25, 0.3) is 0 Å². The van der Waals surface area contributed by atoms with Gasteiger partial charge in [0.05, 0.1) is 25.9 Å². The van der Waals surface area contributed by atoms with E-state index in [2.05, 4.69) is 0 Å². The van der Waals surface area contributed by atoms with Crippen LogP contribution in [0.15, 0.2) is 115 Å². The fourth-order valence-electron chi connectivity index (χ4n) is 5.02. The third-order valence-electron chi connectivity index (χ3n) is 7.03. The monoisotopic (exact) mass is 494 g/mol. The molecule has 37 heavy (non-hydrogen) atoms. The second-order valence-corrected chi connectivity index (χ2v) is 9.79. The van der Waals surface area contributed by atoms with Crippen molar-refractivity contribution >= 4 is 0 Å². The third-order valence-corrected chi connectivity index (χ3v) is 7.03. The summed E-state index contributed by atoms with van der Waals surface area (Å²) in [6.07, 6.45) is -1.01. The summed E-state index contributed by atoms with van der Waals surface area (Å²) < 4.78 is 19.3. The van der Waals surface area contributed by atoms with Crippen LogP contribution >= 0.6 is 0 Å². The highest BCUT2D eigenvalue weighted by molar-refractivity contribution is 5.31. The first-order valence-electron chi connectivity index (χ1n) is 12.9. The Morgan fingerprint density at radius 2 is 1.32 bits per heavy atom. The largest absolute Gasteiger partial charge is 0.382 e. The zero-order valence-electron chi connectivity index (χ0n) is 21.2. The normalized spacial score (nSPS) is 23.6. The molecule has 0 unspecified atom stereocenters. The van der Waals surface area contributed by atoms with E-state index in [1.54, 1.807) is 0 Å². The van der Waals surface area contributed by atoms with Crippen LogP contribution in [0.4, 0.5) is 0 Å². The van der Waals surface area contributed by atoms with Gasteiger partial charge in [-0.2, -0.15) is 0 Å². The molecule has 4 aromatic carbocycles. The zero-order valence-corrected chi connectivity index (χ0v) is 21.2. The molecule has 0 aliphatic carbocycles. The Morgan fingerprint density at radius 1 is 0.757 bits per heavy atom. The van der Waals surface area contributed by atoms with Crippen molar-refractivity contribution in [3.8, 4) is 0 Å². The van der Waals surface area contributed by atoms with Crippen LogP contribution < -0.4 is 0 Å². The fraction of sp³-hybridized carbons (Fsp3) is 0.273. The average Bonchev–Trinajstić information content (AvgIpc) is 2.94. The predicted molar refractivity (Wildman–Crippen MR) is 145 cm³/mol. The zero-order chi connectivity index (χ0) is 25.5. The van der Waals surface area contributed by atoms with Gasteiger partial charge in [0.25, 0.3) is 0 Å². The van der Waals surface area contributed by atoms with Crippen molar-refractivity contribution in [3.05, 3.63) is 143 Å². The van der Waals surface area contributed by atoms with Crippen molar-refractivity contribution in [2.24, 2.45) is 0 Å². The van der Waals surface area contributed by atoms with Crippen LogP contribution in [-0.2, 0) is 33.0 Å². The number of aliphatic hydroxyl groups is 1. The predicted octanol–water partition coefficient (Wildman–Crippen LogP) is 6.52. The second-order valence-electron chi connectivity index (χ2n) is 9.79. The highest BCUT2D eigenvalue weighted by Crippen LogP contribution is 2.45. The first-order valence-corrected chi connectivity index (χ1v) is 12.9. The number of aryl methyl sites for hydroxylation is 1. The van der Waals surface area contributed by atoms with Crippen LogP contribution in [-0.4, -0.2) is 23.9 Å². The van der Waals surface area contributed by atoms with E-state index >= 15 is 0 Å². The van der Waals surface area contributed by atoms with E-state index in [-0.39, 0.29) is 6.10 Å². The lowest BCUT2D eigenvalue weighted by atomic mass is 9.77. The third kappa shape index (κ3) is 6.17. The highest BCUT2D eigenvalue weighted by atomic mass is 16.6. The summed E-state index contributed by atoms with van der Waals surface area (Å²) in [6, 6.07) is 38.3. The van der Waals surface area contributed by atoms with Crippen molar-refractivity contribution in [3.63, 3.8) is 0 Å². The number of benzene rings is 4. The maximum Gasteiger partial charge on any atom is 0.121 e. The number of hydrogen-bond acceptors (Lipinski definition) is 4. The molecule has 4 atom stereocenters. The summed E-state index contributed by atoms with van der Waals surface area (Å²) in [4.78, 5) is 0. The Balaban J connectivity index is 1.46. The van der Waals surface area contributed by atoms with Crippen molar-refractivity contribution < 1.29 is 19.3 Å². The molecule has 0 radical (unpaired) electrons. The minimum Gasteiger partial charge on any atom is -0.382 e. The summed E-state index contributed by atoms with van der Waals surface area (Å²) in [7, 11) is 0. The Kier molecular flexibility index (Phi) is 8.12. The van der Waals surface area contributed by atoms with Crippen LogP contribution in [0.5, 0.6) is 0 Å². The molecule has 4 aromatic rings. The topological polar surface area (TPSA) is 47.9 Å². The molecule has 190 valence electrons. The molecule has 1 fully saturated rings. The summed E-state index contributed by atoms with van der Waals surface area (Å²) in [6.45, 7) is 3.18. The van der Waals surface area contributed by atoms with Gasteiger partial charge >= 0.3 is 0 Å². The van der Waals surface area contributed by atoms with Crippen LogP contribution in [0.2, 0.25) is 0 Å². The molecule has 1 aliphatic rings. The van der Waals surface area contributed by atoms with E-state index in [4.69, 9.17) is 14.2 Å². The molecule has 0 aromatic heterocycles. The molecule has 0 amide bonds. The molecule has 4 heteroatoms. The number of hydrogen-bond donors (Lipinski definition) is 1. The van der Waals surface area contributed by atoms with Crippen LogP contribution in [0.1, 0.15) is 40.3 Å². The van der Waals surface area contributed by atoms with Gasteiger partial charge in [0, 0.05) is 6.42 Å². The molecule has 5 rings (SSSR count). The summed E-state index contributed by atoms with van der Waals surface area (Å²) >= 11 is 0. The standard InChI is InChI=1S/C33H34O4/c1-25-17-19-29(20-18-25)33(34)21-30(28-15-9-4-10-16-28)37-31(24-35-22-26-11-5-2-6-12-26)32(33)36-23-27-13-7-3-8-14-27/h2-20,30-32,34H,21-24H2,1H3/t30-,31+,32+,33+/m0/s1. The lowest BCUT2D eigenvalue weighted by Gasteiger charge is -2.47. The maximum atomic E-state index is 12.4. The van der Waals surface area contributed by atoms with E-state index in [1.807, 2.05) is 122 Å².